The van der Waals surface area contributed by atoms with E-state index in [1.54, 1.807) is 11.3 Å². The largest absolute Gasteiger partial charge is 0.386 e. The Kier molecular flexibility index (Phi) is 3.90. The summed E-state index contributed by atoms with van der Waals surface area (Å²) < 4.78 is 0. The van der Waals surface area contributed by atoms with Crippen LogP contribution in [0.5, 0.6) is 0 Å². The highest BCUT2D eigenvalue weighted by Crippen LogP contribution is 2.25. The first-order valence-corrected chi connectivity index (χ1v) is 5.43. The Morgan fingerprint density at radius 3 is 2.54 bits per heavy atom. The lowest BCUT2D eigenvalue weighted by Gasteiger charge is -2.25. The Labute approximate surface area is 83.6 Å². The SMILES string of the molecule is CNC(C(C)C)C(O)c1cccs1. The maximum Gasteiger partial charge on any atom is 0.104 e. The molecular weight excluding hydrogens is 182 g/mol. The van der Waals surface area contributed by atoms with E-state index in [0.717, 1.165) is 4.88 Å². The molecule has 13 heavy (non-hydrogen) atoms. The summed E-state index contributed by atoms with van der Waals surface area (Å²) in [6.07, 6.45) is -0.384. The normalized spacial score (nSPS) is 16.1. The number of likely N-dealkylation sites (N-methyl/N-ethyl adjacent to an activating group) is 1. The van der Waals surface area contributed by atoms with Gasteiger partial charge >= 0.3 is 0 Å². The number of rotatable bonds is 4. The Balaban J connectivity index is 2.70. The van der Waals surface area contributed by atoms with Crippen molar-refractivity contribution in [2.24, 2.45) is 5.92 Å². The lowest BCUT2D eigenvalue weighted by atomic mass is 9.98. The van der Waals surface area contributed by atoms with Crippen LogP contribution in [0.1, 0.15) is 24.8 Å². The van der Waals surface area contributed by atoms with Crippen LogP contribution in [0.15, 0.2) is 17.5 Å². The molecule has 0 aromatic carbocycles. The van der Waals surface area contributed by atoms with Crippen LogP contribution in [0, 0.1) is 5.92 Å². The minimum absolute atomic E-state index is 0.138. The zero-order valence-corrected chi connectivity index (χ0v) is 9.14. The summed E-state index contributed by atoms with van der Waals surface area (Å²) in [5.41, 5.74) is 0. The molecule has 0 fully saturated rings. The molecule has 1 aromatic rings. The Bertz CT molecular complexity index is 233. The van der Waals surface area contributed by atoms with E-state index in [-0.39, 0.29) is 12.1 Å². The number of aliphatic hydroxyl groups is 1. The highest BCUT2D eigenvalue weighted by Gasteiger charge is 2.22. The molecule has 0 amide bonds. The number of thiophene rings is 1. The van der Waals surface area contributed by atoms with Crippen molar-refractivity contribution in [3.05, 3.63) is 22.4 Å². The molecule has 0 aliphatic rings. The Morgan fingerprint density at radius 1 is 1.46 bits per heavy atom. The highest BCUT2D eigenvalue weighted by atomic mass is 32.1. The van der Waals surface area contributed by atoms with Gasteiger partial charge in [0.05, 0.1) is 0 Å². The minimum Gasteiger partial charge on any atom is -0.386 e. The monoisotopic (exact) mass is 199 g/mol. The molecule has 0 aliphatic heterocycles. The van der Waals surface area contributed by atoms with Gasteiger partial charge in [-0.3, -0.25) is 0 Å². The van der Waals surface area contributed by atoms with E-state index in [4.69, 9.17) is 0 Å². The summed E-state index contributed by atoms with van der Waals surface area (Å²) >= 11 is 1.60. The lowest BCUT2D eigenvalue weighted by molar-refractivity contribution is 0.113. The molecule has 0 radical (unpaired) electrons. The highest BCUT2D eigenvalue weighted by molar-refractivity contribution is 7.10. The van der Waals surface area contributed by atoms with Crippen LogP contribution in [-0.4, -0.2) is 18.2 Å². The van der Waals surface area contributed by atoms with Crippen molar-refractivity contribution in [2.45, 2.75) is 26.0 Å². The summed E-state index contributed by atoms with van der Waals surface area (Å²) in [6.45, 7) is 4.22. The molecule has 2 atom stereocenters. The number of nitrogens with one attached hydrogen (secondary N) is 1. The molecule has 0 saturated carbocycles. The van der Waals surface area contributed by atoms with Crippen LogP contribution in [-0.2, 0) is 0 Å². The zero-order valence-electron chi connectivity index (χ0n) is 8.32. The Morgan fingerprint density at radius 2 is 2.15 bits per heavy atom. The maximum atomic E-state index is 9.99. The predicted octanol–water partition coefficient (Wildman–Crippen LogP) is 2.03. The van der Waals surface area contributed by atoms with E-state index in [9.17, 15) is 5.11 Å². The van der Waals surface area contributed by atoms with Crippen molar-refractivity contribution in [1.29, 1.82) is 0 Å². The standard InChI is InChI=1S/C10H17NOS/c1-7(2)9(11-3)10(12)8-5-4-6-13-8/h4-7,9-12H,1-3H3. The lowest BCUT2D eigenvalue weighted by Crippen LogP contribution is -2.36. The fraction of sp³-hybridized carbons (Fsp3) is 0.600. The van der Waals surface area contributed by atoms with Crippen molar-refractivity contribution in [2.75, 3.05) is 7.05 Å². The van der Waals surface area contributed by atoms with E-state index >= 15 is 0 Å². The third-order valence-electron chi connectivity index (χ3n) is 2.23. The fourth-order valence-electron chi connectivity index (χ4n) is 1.49. The second-order valence-corrected chi connectivity index (χ2v) is 4.50. The summed E-state index contributed by atoms with van der Waals surface area (Å²) in [5.74, 6) is 0.432. The topological polar surface area (TPSA) is 32.3 Å². The molecule has 74 valence electrons. The molecule has 2 nitrogen and oxygen atoms in total. The van der Waals surface area contributed by atoms with Gasteiger partial charge in [-0.1, -0.05) is 19.9 Å². The molecular formula is C10H17NOS. The quantitative estimate of drug-likeness (QED) is 0.777. The van der Waals surface area contributed by atoms with Crippen molar-refractivity contribution >= 4 is 11.3 Å². The van der Waals surface area contributed by atoms with Crippen LogP contribution in [0.25, 0.3) is 0 Å². The van der Waals surface area contributed by atoms with Gasteiger partial charge in [-0.25, -0.2) is 0 Å². The first kappa shape index (κ1) is 10.7. The van der Waals surface area contributed by atoms with Crippen molar-refractivity contribution in [3.63, 3.8) is 0 Å². The molecule has 0 aliphatic carbocycles. The van der Waals surface area contributed by atoms with Crippen LogP contribution in [0.2, 0.25) is 0 Å². The van der Waals surface area contributed by atoms with Crippen molar-refractivity contribution in [3.8, 4) is 0 Å². The van der Waals surface area contributed by atoms with Gasteiger partial charge in [0.1, 0.15) is 6.10 Å². The first-order chi connectivity index (χ1) is 6.16. The molecule has 1 heterocycles. The maximum absolute atomic E-state index is 9.99. The van der Waals surface area contributed by atoms with Gasteiger partial charge in [0, 0.05) is 10.9 Å². The summed E-state index contributed by atoms with van der Waals surface area (Å²) in [4.78, 5) is 1.04. The molecule has 1 aromatic heterocycles. The molecule has 2 N–H and O–H groups in total. The third kappa shape index (κ3) is 2.53. The average molecular weight is 199 g/mol. The van der Waals surface area contributed by atoms with Crippen LogP contribution in [0.4, 0.5) is 0 Å². The third-order valence-corrected chi connectivity index (χ3v) is 3.17. The molecule has 2 unspecified atom stereocenters. The predicted molar refractivity (Wildman–Crippen MR) is 57.0 cm³/mol. The van der Waals surface area contributed by atoms with Crippen molar-refractivity contribution < 1.29 is 5.11 Å². The van der Waals surface area contributed by atoms with Gasteiger partial charge in [0.2, 0.25) is 0 Å². The summed E-state index contributed by atoms with van der Waals surface area (Å²) in [7, 11) is 1.89. The fourth-order valence-corrected chi connectivity index (χ4v) is 2.25. The van der Waals surface area contributed by atoms with Gasteiger partial charge in [0.25, 0.3) is 0 Å². The summed E-state index contributed by atoms with van der Waals surface area (Å²) in [5, 5.41) is 15.1. The zero-order chi connectivity index (χ0) is 9.84. The number of aliphatic hydroxyl groups excluding tert-OH is 1. The second-order valence-electron chi connectivity index (χ2n) is 3.52. The van der Waals surface area contributed by atoms with Crippen molar-refractivity contribution in [1.82, 2.24) is 5.32 Å². The molecule has 0 spiro atoms. The minimum atomic E-state index is -0.384. The first-order valence-electron chi connectivity index (χ1n) is 4.55. The van der Waals surface area contributed by atoms with Gasteiger partial charge < -0.3 is 10.4 Å². The van der Waals surface area contributed by atoms with Gasteiger partial charge in [-0.2, -0.15) is 0 Å². The van der Waals surface area contributed by atoms with E-state index < -0.39 is 0 Å². The van der Waals surface area contributed by atoms with Crippen LogP contribution >= 0.6 is 11.3 Å². The second kappa shape index (κ2) is 4.74. The van der Waals surface area contributed by atoms with Gasteiger partial charge in [0.15, 0.2) is 0 Å². The number of hydrogen-bond acceptors (Lipinski definition) is 3. The molecule has 0 saturated heterocycles. The Hall–Kier alpha value is -0.380. The smallest absolute Gasteiger partial charge is 0.104 e. The summed E-state index contributed by atoms with van der Waals surface area (Å²) in [6, 6.07) is 4.08. The molecule has 1 rings (SSSR count). The van der Waals surface area contributed by atoms with Crippen LogP contribution < -0.4 is 5.32 Å². The van der Waals surface area contributed by atoms with Gasteiger partial charge in [-0.15, -0.1) is 11.3 Å². The van der Waals surface area contributed by atoms with Gasteiger partial charge in [-0.05, 0) is 24.4 Å². The van der Waals surface area contributed by atoms with E-state index in [1.165, 1.54) is 0 Å². The van der Waals surface area contributed by atoms with E-state index in [2.05, 4.69) is 19.2 Å². The number of hydrogen-bond donors (Lipinski definition) is 2. The van der Waals surface area contributed by atoms with Crippen LogP contribution in [0.3, 0.4) is 0 Å². The molecule has 3 heteroatoms. The molecule has 0 bridgehead atoms. The average Bonchev–Trinajstić information content (AvgIpc) is 2.56. The van der Waals surface area contributed by atoms with E-state index in [1.807, 2.05) is 24.6 Å². The van der Waals surface area contributed by atoms with E-state index in [0.29, 0.717) is 5.92 Å².